The van der Waals surface area contributed by atoms with Gasteiger partial charge in [-0.2, -0.15) is 0 Å². The van der Waals surface area contributed by atoms with Crippen molar-refractivity contribution in [2.45, 2.75) is 45.8 Å². The summed E-state index contributed by atoms with van der Waals surface area (Å²) in [5, 5.41) is 7.84. The van der Waals surface area contributed by atoms with E-state index in [4.69, 9.17) is 10.5 Å². The fraction of sp³-hybridized carbons (Fsp3) is 0.500. The number of nitrogens with two attached hydrogens (primary N) is 1. The summed E-state index contributed by atoms with van der Waals surface area (Å²) in [6.07, 6.45) is -0.500. The third-order valence-electron chi connectivity index (χ3n) is 3.39. The Balaban J connectivity index is 2.49. The van der Waals surface area contributed by atoms with E-state index in [1.165, 1.54) is 0 Å². The van der Waals surface area contributed by atoms with Crippen molar-refractivity contribution < 1.29 is 19.1 Å². The number of hydrogen-bond acceptors (Lipinski definition) is 4. The highest BCUT2D eigenvalue weighted by molar-refractivity contribution is 5.79. The molecule has 5 N–H and O–H groups in total. The summed E-state index contributed by atoms with van der Waals surface area (Å²) in [6.45, 7) is 7.69. The van der Waals surface area contributed by atoms with Gasteiger partial charge in [-0.15, -0.1) is 0 Å². The van der Waals surface area contributed by atoms with Gasteiger partial charge in [0.25, 0.3) is 0 Å². The molecule has 0 unspecified atom stereocenters. The van der Waals surface area contributed by atoms with E-state index in [2.05, 4.69) is 16.0 Å². The molecule has 0 fully saturated rings. The third kappa shape index (κ3) is 8.36. The van der Waals surface area contributed by atoms with Gasteiger partial charge in [-0.05, 0) is 38.8 Å². The lowest BCUT2D eigenvalue weighted by atomic mass is 9.98. The Kier molecular flexibility index (Phi) is 7.89. The summed E-state index contributed by atoms with van der Waals surface area (Å²) in [5.41, 5.74) is 6.42. The van der Waals surface area contributed by atoms with Crippen molar-refractivity contribution in [1.29, 1.82) is 0 Å². The van der Waals surface area contributed by atoms with Crippen LogP contribution in [0.1, 0.15) is 44.4 Å². The van der Waals surface area contributed by atoms with Crippen LogP contribution in [0.5, 0.6) is 0 Å². The molecule has 26 heavy (non-hydrogen) atoms. The molecule has 1 aromatic carbocycles. The van der Waals surface area contributed by atoms with Crippen molar-refractivity contribution in [1.82, 2.24) is 16.0 Å². The van der Waals surface area contributed by atoms with Crippen LogP contribution in [0.15, 0.2) is 24.3 Å². The lowest BCUT2D eigenvalue weighted by Gasteiger charge is -2.20. The fourth-order valence-corrected chi connectivity index (χ4v) is 2.33. The highest BCUT2D eigenvalue weighted by Gasteiger charge is 2.19. The first kappa shape index (κ1) is 21.3. The van der Waals surface area contributed by atoms with Crippen LogP contribution in [-0.4, -0.2) is 36.7 Å². The minimum Gasteiger partial charge on any atom is -0.444 e. The van der Waals surface area contributed by atoms with Gasteiger partial charge >= 0.3 is 12.1 Å². The maximum atomic E-state index is 12.1. The monoisotopic (exact) mass is 364 g/mol. The van der Waals surface area contributed by atoms with Gasteiger partial charge in [0.2, 0.25) is 5.91 Å². The number of carbonyl (C=O) groups excluding carboxylic acids is 3. The fourth-order valence-electron chi connectivity index (χ4n) is 2.33. The average Bonchev–Trinajstić information content (AvgIpc) is 2.49. The van der Waals surface area contributed by atoms with E-state index in [1.54, 1.807) is 20.8 Å². The molecule has 8 nitrogen and oxygen atoms in total. The Hall–Kier alpha value is -2.77. The van der Waals surface area contributed by atoms with Crippen LogP contribution in [0.3, 0.4) is 0 Å². The summed E-state index contributed by atoms with van der Waals surface area (Å²) < 4.78 is 5.10. The number of rotatable bonds is 7. The SMILES string of the molecule is Cc1ccccc1[C@H](CC(=O)NCCNC(=O)OC(C)(C)C)NC(N)=O. The highest BCUT2D eigenvalue weighted by atomic mass is 16.6. The molecule has 0 aliphatic rings. The number of alkyl carbamates (subject to hydrolysis) is 1. The Morgan fingerprint density at radius 3 is 2.31 bits per heavy atom. The molecule has 4 amide bonds. The number of hydrogen-bond donors (Lipinski definition) is 4. The van der Waals surface area contributed by atoms with Crippen LogP contribution in [0, 0.1) is 6.92 Å². The molecule has 8 heteroatoms. The quantitative estimate of drug-likeness (QED) is 0.550. The van der Waals surface area contributed by atoms with E-state index in [0.29, 0.717) is 0 Å². The molecule has 0 aliphatic carbocycles. The smallest absolute Gasteiger partial charge is 0.407 e. The minimum absolute atomic E-state index is 0.0419. The molecule has 0 aromatic heterocycles. The number of carbonyl (C=O) groups is 3. The van der Waals surface area contributed by atoms with Crippen molar-refractivity contribution in [2.75, 3.05) is 13.1 Å². The van der Waals surface area contributed by atoms with E-state index in [9.17, 15) is 14.4 Å². The van der Waals surface area contributed by atoms with Gasteiger partial charge in [-0.25, -0.2) is 9.59 Å². The van der Waals surface area contributed by atoms with Crippen LogP contribution in [0.2, 0.25) is 0 Å². The summed E-state index contributed by atoms with van der Waals surface area (Å²) in [5.74, 6) is -0.266. The second-order valence-corrected chi connectivity index (χ2v) is 6.90. The maximum absolute atomic E-state index is 12.1. The van der Waals surface area contributed by atoms with Gasteiger partial charge < -0.3 is 26.4 Å². The maximum Gasteiger partial charge on any atom is 0.407 e. The minimum atomic E-state index is -0.697. The topological polar surface area (TPSA) is 123 Å². The normalized spacial score (nSPS) is 12.0. The molecule has 0 radical (unpaired) electrons. The van der Waals surface area contributed by atoms with Crippen LogP contribution < -0.4 is 21.7 Å². The Bertz CT molecular complexity index is 640. The van der Waals surface area contributed by atoms with Crippen LogP contribution in [0.4, 0.5) is 9.59 Å². The van der Waals surface area contributed by atoms with E-state index in [1.807, 2.05) is 31.2 Å². The Labute approximate surface area is 153 Å². The molecule has 0 bridgehead atoms. The van der Waals surface area contributed by atoms with E-state index in [-0.39, 0.29) is 25.4 Å². The standard InChI is InChI=1S/C18H28N4O4/c1-12-7-5-6-8-13(12)14(22-16(19)24)11-15(23)20-9-10-21-17(25)26-18(2,3)4/h5-8,14H,9-11H2,1-4H3,(H,20,23)(H,21,25)(H3,19,22,24)/t14-/m0/s1. The largest absolute Gasteiger partial charge is 0.444 e. The van der Waals surface area contributed by atoms with Crippen LogP contribution in [-0.2, 0) is 9.53 Å². The molecule has 1 rings (SSSR count). The average molecular weight is 364 g/mol. The third-order valence-corrected chi connectivity index (χ3v) is 3.39. The molecule has 0 saturated carbocycles. The Morgan fingerprint density at radius 2 is 1.73 bits per heavy atom. The number of nitrogens with one attached hydrogen (secondary N) is 3. The summed E-state index contributed by atoms with van der Waals surface area (Å²) in [4.78, 5) is 34.9. The zero-order chi connectivity index (χ0) is 19.7. The zero-order valence-corrected chi connectivity index (χ0v) is 15.7. The second kappa shape index (κ2) is 9.65. The first-order valence-electron chi connectivity index (χ1n) is 8.43. The number of benzene rings is 1. The first-order valence-corrected chi connectivity index (χ1v) is 8.43. The second-order valence-electron chi connectivity index (χ2n) is 6.90. The van der Waals surface area contributed by atoms with Gasteiger partial charge in [0.05, 0.1) is 12.5 Å². The summed E-state index contributed by atoms with van der Waals surface area (Å²) in [7, 11) is 0. The Morgan fingerprint density at radius 1 is 1.12 bits per heavy atom. The van der Waals surface area contributed by atoms with Crippen molar-refractivity contribution in [3.05, 3.63) is 35.4 Å². The highest BCUT2D eigenvalue weighted by Crippen LogP contribution is 2.20. The lowest BCUT2D eigenvalue weighted by molar-refractivity contribution is -0.121. The predicted octanol–water partition coefficient (Wildman–Crippen LogP) is 1.74. The van der Waals surface area contributed by atoms with Crippen molar-refractivity contribution in [2.24, 2.45) is 5.73 Å². The van der Waals surface area contributed by atoms with Gasteiger partial charge in [0.15, 0.2) is 0 Å². The molecular formula is C18H28N4O4. The molecular weight excluding hydrogens is 336 g/mol. The molecule has 1 atom stereocenters. The van der Waals surface area contributed by atoms with Crippen molar-refractivity contribution >= 4 is 18.0 Å². The lowest BCUT2D eigenvalue weighted by Crippen LogP contribution is -2.40. The summed E-state index contributed by atoms with van der Waals surface area (Å²) >= 11 is 0. The first-order chi connectivity index (χ1) is 12.1. The number of amides is 4. The molecule has 1 aromatic rings. The van der Waals surface area contributed by atoms with Crippen LogP contribution >= 0.6 is 0 Å². The molecule has 0 heterocycles. The van der Waals surface area contributed by atoms with Gasteiger partial charge in [0.1, 0.15) is 5.60 Å². The molecule has 0 saturated heterocycles. The summed E-state index contributed by atoms with van der Waals surface area (Å²) in [6, 6.07) is 6.23. The number of ether oxygens (including phenoxy) is 1. The van der Waals surface area contributed by atoms with E-state index in [0.717, 1.165) is 11.1 Å². The van der Waals surface area contributed by atoms with Crippen molar-refractivity contribution in [3.8, 4) is 0 Å². The van der Waals surface area contributed by atoms with Gasteiger partial charge in [0, 0.05) is 13.1 Å². The van der Waals surface area contributed by atoms with Crippen LogP contribution in [0.25, 0.3) is 0 Å². The molecule has 144 valence electrons. The predicted molar refractivity (Wildman–Crippen MR) is 98.5 cm³/mol. The van der Waals surface area contributed by atoms with Gasteiger partial charge in [-0.3, -0.25) is 4.79 Å². The number of aryl methyl sites for hydroxylation is 1. The van der Waals surface area contributed by atoms with E-state index >= 15 is 0 Å². The van der Waals surface area contributed by atoms with Gasteiger partial charge in [-0.1, -0.05) is 24.3 Å². The zero-order valence-electron chi connectivity index (χ0n) is 15.7. The molecule has 0 spiro atoms. The number of primary amides is 1. The van der Waals surface area contributed by atoms with Crippen molar-refractivity contribution in [3.63, 3.8) is 0 Å². The van der Waals surface area contributed by atoms with E-state index < -0.39 is 23.8 Å². The molecule has 0 aliphatic heterocycles. The number of urea groups is 1.